The number of carbonyl (C=O) groups is 2. The van der Waals surface area contributed by atoms with Crippen molar-refractivity contribution in [1.82, 2.24) is 0 Å². The van der Waals surface area contributed by atoms with Crippen molar-refractivity contribution >= 4 is 29.2 Å². The molecule has 0 atom stereocenters. The Bertz CT molecular complexity index is 1100. The van der Waals surface area contributed by atoms with Gasteiger partial charge in [0.05, 0.1) is 16.3 Å². The van der Waals surface area contributed by atoms with Gasteiger partial charge in [-0.05, 0) is 35.9 Å². The van der Waals surface area contributed by atoms with Gasteiger partial charge in [0.15, 0.2) is 0 Å². The fourth-order valence-corrected chi connectivity index (χ4v) is 3.19. The molecule has 9 heteroatoms. The molecule has 5 nitrogen and oxygen atoms in total. The maximum Gasteiger partial charge on any atom is 0.573 e. The van der Waals surface area contributed by atoms with Crippen LogP contribution in [0.4, 0.5) is 18.9 Å². The maximum absolute atomic E-state index is 13.1. The van der Waals surface area contributed by atoms with Gasteiger partial charge in [0.25, 0.3) is 5.91 Å². The summed E-state index contributed by atoms with van der Waals surface area (Å²) >= 11 is 6.11. The van der Waals surface area contributed by atoms with E-state index in [0.29, 0.717) is 11.1 Å². The van der Waals surface area contributed by atoms with Gasteiger partial charge in [-0.3, -0.25) is 14.5 Å². The molecular weight excluding hydrogens is 435 g/mol. The van der Waals surface area contributed by atoms with Crippen LogP contribution in [0.1, 0.15) is 10.4 Å². The fourth-order valence-electron chi connectivity index (χ4n) is 2.97. The number of nitrogens with zero attached hydrogens (tertiary/aromatic N) is 1. The molecule has 0 aliphatic carbocycles. The van der Waals surface area contributed by atoms with Crippen LogP contribution in [0.3, 0.4) is 0 Å². The summed E-state index contributed by atoms with van der Waals surface area (Å²) in [6.45, 7) is -0.643. The predicted octanol–water partition coefficient (Wildman–Crippen LogP) is 5.64. The summed E-state index contributed by atoms with van der Waals surface area (Å²) in [7, 11) is 0. The van der Waals surface area contributed by atoms with Crippen LogP contribution in [0, 0.1) is 0 Å². The van der Waals surface area contributed by atoms with Crippen molar-refractivity contribution in [3.63, 3.8) is 0 Å². The number of anilines is 1. The lowest BCUT2D eigenvalue weighted by atomic mass is 10.0. The molecule has 0 unspecified atom stereocenters. The Balaban J connectivity index is 2.03. The third-order valence-electron chi connectivity index (χ3n) is 4.24. The zero-order valence-corrected chi connectivity index (χ0v) is 16.5. The standard InChI is InChI=1S/C22H15ClF3NO4/c23-18-7-3-1-6-17(18)21(30)27(13-20(28)29)19-8-4-2-5-16(19)14-9-11-15(12-10-14)31-22(24,25)26/h1-12H,13H2,(H,28,29). The zero-order chi connectivity index (χ0) is 22.6. The SMILES string of the molecule is O=C(O)CN(C(=O)c1ccccc1Cl)c1ccccc1-c1ccc(OC(F)(F)F)cc1. The number of hydrogen-bond donors (Lipinski definition) is 1. The highest BCUT2D eigenvalue weighted by molar-refractivity contribution is 6.34. The van der Waals surface area contributed by atoms with Gasteiger partial charge in [0.2, 0.25) is 0 Å². The molecule has 0 saturated carbocycles. The van der Waals surface area contributed by atoms with Crippen molar-refractivity contribution < 1.29 is 32.6 Å². The Kier molecular flexibility index (Phi) is 6.50. The minimum absolute atomic E-state index is 0.120. The first-order chi connectivity index (χ1) is 14.7. The van der Waals surface area contributed by atoms with Gasteiger partial charge in [0, 0.05) is 5.56 Å². The van der Waals surface area contributed by atoms with E-state index in [-0.39, 0.29) is 16.3 Å². The lowest BCUT2D eigenvalue weighted by Crippen LogP contribution is -2.36. The third-order valence-corrected chi connectivity index (χ3v) is 4.57. The molecule has 0 aromatic heterocycles. The van der Waals surface area contributed by atoms with E-state index in [0.717, 1.165) is 17.0 Å². The number of halogens is 4. The molecule has 0 saturated heterocycles. The van der Waals surface area contributed by atoms with E-state index in [2.05, 4.69) is 4.74 Å². The fraction of sp³-hybridized carbons (Fsp3) is 0.0909. The lowest BCUT2D eigenvalue weighted by Gasteiger charge is -2.24. The Morgan fingerprint density at radius 3 is 2.16 bits per heavy atom. The first-order valence-corrected chi connectivity index (χ1v) is 9.27. The van der Waals surface area contributed by atoms with Crippen molar-refractivity contribution in [2.75, 3.05) is 11.4 Å². The van der Waals surface area contributed by atoms with Crippen LogP contribution < -0.4 is 9.64 Å². The number of carbonyl (C=O) groups excluding carboxylic acids is 1. The summed E-state index contributed by atoms with van der Waals surface area (Å²) in [5.41, 5.74) is 1.30. The first-order valence-electron chi connectivity index (χ1n) is 8.89. The number of carboxylic acids is 1. The quantitative estimate of drug-likeness (QED) is 0.529. The highest BCUT2D eigenvalue weighted by atomic mass is 35.5. The summed E-state index contributed by atoms with van der Waals surface area (Å²) in [6.07, 6.45) is -4.82. The van der Waals surface area contributed by atoms with Crippen LogP contribution in [0.25, 0.3) is 11.1 Å². The smallest absolute Gasteiger partial charge is 0.480 e. The van der Waals surface area contributed by atoms with Crippen LogP contribution in [-0.4, -0.2) is 29.9 Å². The van der Waals surface area contributed by atoms with E-state index in [1.54, 1.807) is 36.4 Å². The van der Waals surface area contributed by atoms with E-state index in [4.69, 9.17) is 11.6 Å². The van der Waals surface area contributed by atoms with E-state index >= 15 is 0 Å². The van der Waals surface area contributed by atoms with Crippen LogP contribution >= 0.6 is 11.6 Å². The molecule has 0 heterocycles. The molecule has 3 aromatic carbocycles. The monoisotopic (exact) mass is 449 g/mol. The second-order valence-corrected chi connectivity index (χ2v) is 6.76. The second-order valence-electron chi connectivity index (χ2n) is 6.35. The molecule has 1 N–H and O–H groups in total. The van der Waals surface area contributed by atoms with E-state index in [1.165, 1.54) is 24.3 Å². The summed E-state index contributed by atoms with van der Waals surface area (Å²) in [6, 6.07) is 17.7. The van der Waals surface area contributed by atoms with E-state index in [1.807, 2.05) is 0 Å². The topological polar surface area (TPSA) is 66.8 Å². The summed E-state index contributed by atoms with van der Waals surface area (Å²) in [5, 5.41) is 9.53. The average molecular weight is 450 g/mol. The number of hydrogen-bond acceptors (Lipinski definition) is 3. The molecule has 0 aliphatic rings. The number of carboxylic acid groups (broad SMARTS) is 1. The zero-order valence-electron chi connectivity index (χ0n) is 15.8. The van der Waals surface area contributed by atoms with E-state index in [9.17, 15) is 27.9 Å². The van der Waals surface area contributed by atoms with Gasteiger partial charge in [0.1, 0.15) is 12.3 Å². The summed E-state index contributed by atoms with van der Waals surface area (Å²) in [4.78, 5) is 25.7. The molecule has 0 fully saturated rings. The van der Waals surface area contributed by atoms with Gasteiger partial charge in [-0.1, -0.05) is 54.1 Å². The first kappa shape index (κ1) is 22.2. The van der Waals surface area contributed by atoms with Crippen molar-refractivity contribution in [3.8, 4) is 16.9 Å². The predicted molar refractivity (Wildman–Crippen MR) is 109 cm³/mol. The number of para-hydroxylation sites is 1. The molecule has 0 spiro atoms. The summed E-state index contributed by atoms with van der Waals surface area (Å²) in [5.74, 6) is -2.27. The van der Waals surface area contributed by atoms with Gasteiger partial charge in [-0.25, -0.2) is 0 Å². The van der Waals surface area contributed by atoms with Crippen LogP contribution in [-0.2, 0) is 4.79 Å². The Labute approximate surface area is 180 Å². The number of alkyl halides is 3. The number of benzene rings is 3. The molecule has 31 heavy (non-hydrogen) atoms. The summed E-state index contributed by atoms with van der Waals surface area (Å²) < 4.78 is 41.1. The van der Waals surface area contributed by atoms with Crippen molar-refractivity contribution in [3.05, 3.63) is 83.4 Å². The van der Waals surface area contributed by atoms with Crippen LogP contribution in [0.15, 0.2) is 72.8 Å². The number of amides is 1. The maximum atomic E-state index is 13.1. The minimum atomic E-state index is -4.82. The van der Waals surface area contributed by atoms with Crippen LogP contribution in [0.5, 0.6) is 5.75 Å². The largest absolute Gasteiger partial charge is 0.573 e. The van der Waals surface area contributed by atoms with E-state index < -0.39 is 30.5 Å². The Morgan fingerprint density at radius 2 is 1.55 bits per heavy atom. The average Bonchev–Trinajstić information content (AvgIpc) is 2.71. The van der Waals surface area contributed by atoms with Gasteiger partial charge < -0.3 is 9.84 Å². The van der Waals surface area contributed by atoms with Crippen LogP contribution in [0.2, 0.25) is 5.02 Å². The molecule has 160 valence electrons. The lowest BCUT2D eigenvalue weighted by molar-refractivity contribution is -0.274. The molecule has 0 bridgehead atoms. The molecular formula is C22H15ClF3NO4. The van der Waals surface area contributed by atoms with Crippen molar-refractivity contribution in [2.45, 2.75) is 6.36 Å². The van der Waals surface area contributed by atoms with Crippen molar-refractivity contribution in [2.24, 2.45) is 0 Å². The molecule has 3 rings (SSSR count). The third kappa shape index (κ3) is 5.55. The molecule has 1 amide bonds. The Morgan fingerprint density at radius 1 is 0.935 bits per heavy atom. The molecule has 0 radical (unpaired) electrons. The normalized spacial score (nSPS) is 11.1. The minimum Gasteiger partial charge on any atom is -0.480 e. The number of aliphatic carboxylic acids is 1. The highest BCUT2D eigenvalue weighted by Gasteiger charge is 2.31. The van der Waals surface area contributed by atoms with Gasteiger partial charge >= 0.3 is 12.3 Å². The molecule has 3 aromatic rings. The Hall–Kier alpha value is -3.52. The number of ether oxygens (including phenoxy) is 1. The second kappa shape index (κ2) is 9.09. The van der Waals surface area contributed by atoms with Gasteiger partial charge in [-0.2, -0.15) is 0 Å². The molecule has 0 aliphatic heterocycles. The van der Waals surface area contributed by atoms with Gasteiger partial charge in [-0.15, -0.1) is 13.2 Å². The highest BCUT2D eigenvalue weighted by Crippen LogP contribution is 2.34. The van der Waals surface area contributed by atoms with Crippen molar-refractivity contribution in [1.29, 1.82) is 0 Å². The number of rotatable bonds is 6.